The van der Waals surface area contributed by atoms with Crippen LogP contribution in [0.3, 0.4) is 0 Å². The fourth-order valence-corrected chi connectivity index (χ4v) is 4.72. The molecule has 2 aliphatic rings. The molecule has 0 fully saturated rings. The van der Waals surface area contributed by atoms with Gasteiger partial charge in [0.1, 0.15) is 0 Å². The second kappa shape index (κ2) is 4.62. The molecule has 1 aromatic carbocycles. The Balaban J connectivity index is 2.28. The minimum Gasteiger partial charge on any atom is -0.323 e. The average Bonchev–Trinajstić information content (AvgIpc) is 2.50. The van der Waals surface area contributed by atoms with Crippen LogP contribution in [0.5, 0.6) is 0 Å². The quantitative estimate of drug-likeness (QED) is 0.800. The first-order chi connectivity index (χ1) is 9.43. The third kappa shape index (κ3) is 1.89. The number of allylic oxidation sites excluding steroid dienone is 3. The Kier molecular flexibility index (Phi) is 3.16. The maximum absolute atomic E-state index is 12.7. The Morgan fingerprint density at radius 2 is 2.05 bits per heavy atom. The summed E-state index contributed by atoms with van der Waals surface area (Å²) in [6.07, 6.45) is 3.87. The number of sulfonamides is 1. The van der Waals surface area contributed by atoms with Gasteiger partial charge in [-0.15, -0.1) is 0 Å². The summed E-state index contributed by atoms with van der Waals surface area (Å²) in [5.74, 6) is -0.270. The largest absolute Gasteiger partial charge is 0.323 e. The molecule has 0 saturated heterocycles. The lowest BCUT2D eigenvalue weighted by Crippen LogP contribution is -2.30. The monoisotopic (exact) mass is 310 g/mol. The number of halogens is 1. The van der Waals surface area contributed by atoms with E-state index in [0.29, 0.717) is 22.0 Å². The molecular weight excluding hydrogens is 296 g/mol. The van der Waals surface area contributed by atoms with Crippen molar-refractivity contribution < 1.29 is 8.42 Å². The van der Waals surface area contributed by atoms with Crippen LogP contribution >= 0.6 is 11.6 Å². The van der Waals surface area contributed by atoms with Crippen molar-refractivity contribution in [2.24, 2.45) is 11.7 Å². The molecule has 1 aliphatic carbocycles. The van der Waals surface area contributed by atoms with Gasteiger partial charge in [-0.3, -0.25) is 4.31 Å². The van der Waals surface area contributed by atoms with Crippen LogP contribution in [-0.4, -0.2) is 15.5 Å². The second-order valence-corrected chi connectivity index (χ2v) is 7.44. The van der Waals surface area contributed by atoms with E-state index in [4.69, 9.17) is 17.3 Å². The molecule has 2 N–H and O–H groups in total. The van der Waals surface area contributed by atoms with Gasteiger partial charge in [-0.25, -0.2) is 8.42 Å². The van der Waals surface area contributed by atoms with Crippen molar-refractivity contribution in [2.45, 2.75) is 12.5 Å². The van der Waals surface area contributed by atoms with Crippen LogP contribution in [0, 0.1) is 5.92 Å². The molecule has 4 nitrogen and oxygen atoms in total. The van der Waals surface area contributed by atoms with Gasteiger partial charge < -0.3 is 5.73 Å². The van der Waals surface area contributed by atoms with Gasteiger partial charge in [0.15, 0.2) is 0 Å². The van der Waals surface area contributed by atoms with Gasteiger partial charge in [0.2, 0.25) is 0 Å². The lowest BCUT2D eigenvalue weighted by atomic mass is 9.87. The highest BCUT2D eigenvalue weighted by molar-refractivity contribution is 7.96. The molecule has 1 aromatic rings. The lowest BCUT2D eigenvalue weighted by molar-refractivity contribution is 0.509. The fraction of sp³-hybridized carbons (Fsp3) is 0.286. The molecule has 1 aliphatic heterocycles. The molecule has 0 aromatic heterocycles. The zero-order valence-electron chi connectivity index (χ0n) is 11.0. The molecule has 2 atom stereocenters. The number of nitrogens with two attached hydrogens (primary N) is 1. The van der Waals surface area contributed by atoms with Crippen molar-refractivity contribution in [3.8, 4) is 0 Å². The Morgan fingerprint density at radius 1 is 1.35 bits per heavy atom. The molecule has 3 rings (SSSR count). The van der Waals surface area contributed by atoms with Gasteiger partial charge in [0, 0.05) is 24.0 Å². The van der Waals surface area contributed by atoms with Crippen molar-refractivity contribution in [3.05, 3.63) is 51.9 Å². The van der Waals surface area contributed by atoms with Crippen LogP contribution in [0.15, 0.2) is 46.4 Å². The maximum atomic E-state index is 12.7. The van der Waals surface area contributed by atoms with Gasteiger partial charge in [-0.2, -0.15) is 0 Å². The molecule has 20 heavy (non-hydrogen) atoms. The highest BCUT2D eigenvalue weighted by Crippen LogP contribution is 2.44. The number of anilines is 1. The zero-order chi connectivity index (χ0) is 14.5. The predicted octanol–water partition coefficient (Wildman–Crippen LogP) is 2.49. The number of rotatable bonds is 0. The summed E-state index contributed by atoms with van der Waals surface area (Å²) in [6, 6.07) is 6.98. The number of fused-ring (bicyclic) bond motifs is 2. The highest BCUT2D eigenvalue weighted by atomic mass is 35.5. The summed E-state index contributed by atoms with van der Waals surface area (Å²) < 4.78 is 26.8. The fourth-order valence-electron chi connectivity index (χ4n) is 2.81. The van der Waals surface area contributed by atoms with E-state index < -0.39 is 10.0 Å². The molecule has 1 heterocycles. The van der Waals surface area contributed by atoms with Crippen molar-refractivity contribution in [1.29, 1.82) is 0 Å². The summed E-state index contributed by atoms with van der Waals surface area (Å²) in [5, 5.41) is 0.450. The minimum atomic E-state index is -3.59. The smallest absolute Gasteiger partial charge is 0.260 e. The van der Waals surface area contributed by atoms with Gasteiger partial charge >= 0.3 is 0 Å². The van der Waals surface area contributed by atoms with E-state index in [1.54, 1.807) is 13.1 Å². The molecule has 106 valence electrons. The van der Waals surface area contributed by atoms with E-state index in [2.05, 4.69) is 0 Å². The van der Waals surface area contributed by atoms with E-state index in [1.807, 2.05) is 24.3 Å². The Hall–Kier alpha value is -1.30. The van der Waals surface area contributed by atoms with E-state index in [9.17, 15) is 8.42 Å². The number of benzene rings is 1. The SMILES string of the molecule is CN1c2ccccc2C(N)C2CC=C(Cl)C=C2S1(=O)=O. The van der Waals surface area contributed by atoms with Crippen LogP contribution in [0.4, 0.5) is 5.69 Å². The zero-order valence-corrected chi connectivity index (χ0v) is 12.5. The molecule has 0 bridgehead atoms. The summed E-state index contributed by atoms with van der Waals surface area (Å²) >= 11 is 5.98. The first-order valence-electron chi connectivity index (χ1n) is 6.33. The first kappa shape index (κ1) is 13.7. The standard InChI is InChI=1S/C14H15ClN2O2S/c1-17-12-5-3-2-4-10(12)14(16)11-7-6-9(15)8-13(11)20(17,18)19/h2-6,8,11,14H,7,16H2,1H3. The summed E-state index contributed by atoms with van der Waals surface area (Å²) in [4.78, 5) is 0.302. The normalized spacial score (nSPS) is 27.9. The van der Waals surface area contributed by atoms with Gasteiger partial charge in [0.25, 0.3) is 10.0 Å². The second-order valence-electron chi connectivity index (χ2n) is 5.04. The van der Waals surface area contributed by atoms with E-state index in [-0.39, 0.29) is 12.0 Å². The molecule has 0 saturated carbocycles. The molecule has 6 heteroatoms. The third-order valence-electron chi connectivity index (χ3n) is 3.94. The Bertz CT molecular complexity index is 724. The van der Waals surface area contributed by atoms with Crippen molar-refractivity contribution >= 4 is 27.3 Å². The summed E-state index contributed by atoms with van der Waals surface area (Å²) in [6.45, 7) is 0. The minimum absolute atomic E-state index is 0.270. The molecular formula is C14H15ClN2O2S. The highest BCUT2D eigenvalue weighted by Gasteiger charge is 2.40. The predicted molar refractivity (Wildman–Crippen MR) is 80.8 cm³/mol. The molecule has 2 unspecified atom stereocenters. The van der Waals surface area contributed by atoms with Crippen molar-refractivity contribution in [3.63, 3.8) is 0 Å². The topological polar surface area (TPSA) is 63.4 Å². The lowest BCUT2D eigenvalue weighted by Gasteiger charge is -2.25. The van der Waals surface area contributed by atoms with Crippen molar-refractivity contribution in [2.75, 3.05) is 11.4 Å². The Labute approximate surface area is 123 Å². The first-order valence-corrected chi connectivity index (χ1v) is 8.15. The van der Waals surface area contributed by atoms with Crippen LogP contribution in [0.1, 0.15) is 18.0 Å². The third-order valence-corrected chi connectivity index (χ3v) is 6.14. The van der Waals surface area contributed by atoms with Gasteiger partial charge in [-0.1, -0.05) is 35.9 Å². The number of hydrogen-bond donors (Lipinski definition) is 1. The number of para-hydroxylation sites is 1. The molecule has 0 spiro atoms. The number of nitrogens with zero attached hydrogens (tertiary/aromatic N) is 1. The Morgan fingerprint density at radius 3 is 2.80 bits per heavy atom. The van der Waals surface area contributed by atoms with Crippen LogP contribution in [0.25, 0.3) is 0 Å². The van der Waals surface area contributed by atoms with E-state index in [1.165, 1.54) is 10.4 Å². The summed E-state index contributed by atoms with van der Waals surface area (Å²) in [7, 11) is -2.04. The average molecular weight is 311 g/mol. The number of hydrogen-bond acceptors (Lipinski definition) is 3. The maximum Gasteiger partial charge on any atom is 0.260 e. The summed E-state index contributed by atoms with van der Waals surface area (Å²) in [5.41, 5.74) is 7.80. The molecule has 0 radical (unpaired) electrons. The van der Waals surface area contributed by atoms with Crippen LogP contribution in [-0.2, 0) is 10.0 Å². The van der Waals surface area contributed by atoms with Gasteiger partial charge in [-0.05, 0) is 24.1 Å². The van der Waals surface area contributed by atoms with Crippen molar-refractivity contribution in [1.82, 2.24) is 0 Å². The van der Waals surface area contributed by atoms with Crippen LogP contribution < -0.4 is 10.0 Å². The van der Waals surface area contributed by atoms with E-state index >= 15 is 0 Å². The van der Waals surface area contributed by atoms with Gasteiger partial charge in [0.05, 0.1) is 10.6 Å². The van der Waals surface area contributed by atoms with E-state index in [0.717, 1.165) is 5.56 Å². The van der Waals surface area contributed by atoms with Crippen LogP contribution in [0.2, 0.25) is 0 Å². The molecule has 0 amide bonds.